The molecule has 4 nitrogen and oxygen atoms in total. The van der Waals surface area contributed by atoms with Crippen LogP contribution in [-0.4, -0.2) is 36.5 Å². The molecule has 0 radical (unpaired) electrons. The fraction of sp³-hybridized carbons (Fsp3) is 0.909. The van der Waals surface area contributed by atoms with Crippen molar-refractivity contribution in [3.63, 3.8) is 0 Å². The lowest BCUT2D eigenvalue weighted by Gasteiger charge is -2.37. The second-order valence-electron chi connectivity index (χ2n) is 4.47. The molecule has 15 heavy (non-hydrogen) atoms. The summed E-state index contributed by atoms with van der Waals surface area (Å²) in [6.07, 6.45) is 4.13. The van der Waals surface area contributed by atoms with Crippen LogP contribution in [0.5, 0.6) is 0 Å². The van der Waals surface area contributed by atoms with Gasteiger partial charge in [-0.25, -0.2) is 0 Å². The van der Waals surface area contributed by atoms with Crippen LogP contribution in [0.1, 0.15) is 32.6 Å². The number of rotatable bonds is 5. The van der Waals surface area contributed by atoms with Crippen LogP contribution in [0.3, 0.4) is 0 Å². The van der Waals surface area contributed by atoms with Crippen LogP contribution in [0.4, 0.5) is 0 Å². The van der Waals surface area contributed by atoms with Gasteiger partial charge in [-0.2, -0.15) is 0 Å². The van der Waals surface area contributed by atoms with Gasteiger partial charge in [-0.05, 0) is 25.3 Å². The van der Waals surface area contributed by atoms with Gasteiger partial charge in [0.2, 0.25) is 5.91 Å². The van der Waals surface area contributed by atoms with Gasteiger partial charge in [-0.3, -0.25) is 9.69 Å². The number of carbonyl (C=O) groups is 1. The van der Waals surface area contributed by atoms with Crippen molar-refractivity contribution in [3.05, 3.63) is 0 Å². The summed E-state index contributed by atoms with van der Waals surface area (Å²) in [7, 11) is 0. The molecular weight excluding hydrogens is 190 g/mol. The molecule has 1 amide bonds. The van der Waals surface area contributed by atoms with E-state index >= 15 is 0 Å². The summed E-state index contributed by atoms with van der Waals surface area (Å²) in [6.45, 7) is 4.89. The van der Waals surface area contributed by atoms with Gasteiger partial charge in [-0.1, -0.05) is 13.3 Å². The minimum atomic E-state index is -0.246. The first-order valence-corrected chi connectivity index (χ1v) is 5.89. The molecule has 1 aliphatic rings. The zero-order chi connectivity index (χ0) is 11.3. The molecule has 0 aromatic heterocycles. The molecule has 0 spiro atoms. The van der Waals surface area contributed by atoms with E-state index < -0.39 is 0 Å². The molecule has 0 aromatic rings. The van der Waals surface area contributed by atoms with Crippen LogP contribution in [-0.2, 0) is 4.79 Å². The highest BCUT2D eigenvalue weighted by Gasteiger charge is 2.25. The van der Waals surface area contributed by atoms with Gasteiger partial charge in [0.15, 0.2) is 0 Å². The second kappa shape index (κ2) is 6.08. The maximum absolute atomic E-state index is 10.9. The standard InChI is InChI=1S/C11H23N3O/c1-2-9-4-3-5-14(8-9)10(7-12)6-11(13)15/h9-10H,2-8,12H2,1H3,(H2,13,15). The second-order valence-corrected chi connectivity index (χ2v) is 4.47. The Morgan fingerprint density at radius 2 is 2.33 bits per heavy atom. The summed E-state index contributed by atoms with van der Waals surface area (Å²) in [6, 6.07) is 0.150. The normalized spacial score (nSPS) is 25.1. The summed E-state index contributed by atoms with van der Waals surface area (Å²) in [5.41, 5.74) is 10.9. The van der Waals surface area contributed by atoms with Gasteiger partial charge in [0.1, 0.15) is 0 Å². The maximum atomic E-state index is 10.9. The van der Waals surface area contributed by atoms with E-state index in [0.29, 0.717) is 13.0 Å². The number of amides is 1. The third-order valence-corrected chi connectivity index (χ3v) is 3.35. The number of likely N-dealkylation sites (tertiary alicyclic amines) is 1. The molecule has 0 aliphatic carbocycles. The first kappa shape index (κ1) is 12.5. The van der Waals surface area contributed by atoms with Gasteiger partial charge < -0.3 is 11.5 Å². The molecule has 0 saturated carbocycles. The van der Waals surface area contributed by atoms with Crippen LogP contribution >= 0.6 is 0 Å². The lowest BCUT2D eigenvalue weighted by atomic mass is 9.94. The Balaban J connectivity index is 2.47. The summed E-state index contributed by atoms with van der Waals surface area (Å²) in [5, 5.41) is 0. The highest BCUT2D eigenvalue weighted by atomic mass is 16.1. The number of hydrogen-bond donors (Lipinski definition) is 2. The Morgan fingerprint density at radius 3 is 2.87 bits per heavy atom. The van der Waals surface area contributed by atoms with Crippen molar-refractivity contribution in [2.45, 2.75) is 38.6 Å². The lowest BCUT2D eigenvalue weighted by molar-refractivity contribution is -0.119. The van der Waals surface area contributed by atoms with Crippen molar-refractivity contribution in [2.24, 2.45) is 17.4 Å². The predicted molar refractivity (Wildman–Crippen MR) is 61.2 cm³/mol. The minimum Gasteiger partial charge on any atom is -0.370 e. The molecule has 88 valence electrons. The largest absolute Gasteiger partial charge is 0.370 e. The highest BCUT2D eigenvalue weighted by Crippen LogP contribution is 2.21. The fourth-order valence-electron chi connectivity index (χ4n) is 2.36. The van der Waals surface area contributed by atoms with Crippen molar-refractivity contribution < 1.29 is 4.79 Å². The lowest BCUT2D eigenvalue weighted by Crippen LogP contribution is -2.47. The number of piperidine rings is 1. The summed E-state index contributed by atoms with van der Waals surface area (Å²) in [5.74, 6) is 0.518. The van der Waals surface area contributed by atoms with E-state index in [2.05, 4.69) is 11.8 Å². The van der Waals surface area contributed by atoms with Gasteiger partial charge in [0, 0.05) is 25.6 Å². The molecule has 4 N–H and O–H groups in total. The van der Waals surface area contributed by atoms with Crippen molar-refractivity contribution in [1.29, 1.82) is 0 Å². The monoisotopic (exact) mass is 213 g/mol. The summed E-state index contributed by atoms with van der Waals surface area (Å²) in [4.78, 5) is 13.2. The molecule has 4 heteroatoms. The fourth-order valence-corrected chi connectivity index (χ4v) is 2.36. The zero-order valence-corrected chi connectivity index (χ0v) is 9.61. The molecule has 0 bridgehead atoms. The van der Waals surface area contributed by atoms with E-state index in [1.165, 1.54) is 19.3 Å². The smallest absolute Gasteiger partial charge is 0.219 e. The van der Waals surface area contributed by atoms with Gasteiger partial charge >= 0.3 is 0 Å². The van der Waals surface area contributed by atoms with Gasteiger partial charge in [-0.15, -0.1) is 0 Å². The topological polar surface area (TPSA) is 72.3 Å². The average Bonchev–Trinajstić information content (AvgIpc) is 2.25. The maximum Gasteiger partial charge on any atom is 0.219 e. The molecular formula is C11H23N3O. The highest BCUT2D eigenvalue weighted by molar-refractivity contribution is 5.74. The van der Waals surface area contributed by atoms with Crippen molar-refractivity contribution in [1.82, 2.24) is 4.90 Å². The van der Waals surface area contributed by atoms with Crippen molar-refractivity contribution in [3.8, 4) is 0 Å². The van der Waals surface area contributed by atoms with E-state index in [-0.39, 0.29) is 11.9 Å². The molecule has 1 rings (SSSR count). The Labute approximate surface area is 92.0 Å². The van der Waals surface area contributed by atoms with Crippen LogP contribution in [0.15, 0.2) is 0 Å². The predicted octanol–water partition coefficient (Wildman–Crippen LogP) is 0.311. The zero-order valence-electron chi connectivity index (χ0n) is 9.61. The van der Waals surface area contributed by atoms with E-state index in [0.717, 1.165) is 19.0 Å². The molecule has 2 atom stereocenters. The summed E-state index contributed by atoms with van der Waals surface area (Å²) >= 11 is 0. The van der Waals surface area contributed by atoms with Gasteiger partial charge in [0.25, 0.3) is 0 Å². The number of carbonyl (C=O) groups excluding carboxylic acids is 1. The van der Waals surface area contributed by atoms with E-state index in [1.54, 1.807) is 0 Å². The molecule has 1 aliphatic heterocycles. The molecule has 2 unspecified atom stereocenters. The Bertz CT molecular complexity index is 208. The van der Waals surface area contributed by atoms with Crippen LogP contribution in [0.2, 0.25) is 0 Å². The third kappa shape index (κ3) is 3.80. The van der Waals surface area contributed by atoms with Crippen molar-refractivity contribution in [2.75, 3.05) is 19.6 Å². The quantitative estimate of drug-likeness (QED) is 0.690. The van der Waals surface area contributed by atoms with E-state index in [9.17, 15) is 4.79 Å². The van der Waals surface area contributed by atoms with E-state index in [1.807, 2.05) is 0 Å². The third-order valence-electron chi connectivity index (χ3n) is 3.35. The Morgan fingerprint density at radius 1 is 1.60 bits per heavy atom. The molecule has 1 fully saturated rings. The first-order chi connectivity index (χ1) is 7.17. The number of nitrogens with zero attached hydrogens (tertiary/aromatic N) is 1. The summed E-state index contributed by atoms with van der Waals surface area (Å²) < 4.78 is 0. The van der Waals surface area contributed by atoms with Crippen LogP contribution in [0.25, 0.3) is 0 Å². The molecule has 0 aromatic carbocycles. The average molecular weight is 213 g/mol. The number of nitrogens with two attached hydrogens (primary N) is 2. The van der Waals surface area contributed by atoms with E-state index in [4.69, 9.17) is 11.5 Å². The van der Waals surface area contributed by atoms with Crippen molar-refractivity contribution >= 4 is 5.91 Å². The Hall–Kier alpha value is -0.610. The minimum absolute atomic E-state index is 0.150. The molecule has 1 saturated heterocycles. The number of primary amides is 1. The van der Waals surface area contributed by atoms with Crippen LogP contribution < -0.4 is 11.5 Å². The molecule has 1 heterocycles. The number of hydrogen-bond acceptors (Lipinski definition) is 3. The Kier molecular flexibility index (Phi) is 5.05. The first-order valence-electron chi connectivity index (χ1n) is 5.89. The van der Waals surface area contributed by atoms with Gasteiger partial charge in [0.05, 0.1) is 0 Å². The van der Waals surface area contributed by atoms with Crippen LogP contribution in [0, 0.1) is 5.92 Å². The SMILES string of the molecule is CCC1CCCN(C(CN)CC(N)=O)C1.